The van der Waals surface area contributed by atoms with Crippen LogP contribution in [0.4, 0.5) is 9.93 Å². The first-order chi connectivity index (χ1) is 12.7. The molecule has 3 rings (SSSR count). The van der Waals surface area contributed by atoms with Crippen molar-refractivity contribution in [3.8, 4) is 17.0 Å². The fourth-order valence-corrected chi connectivity index (χ4v) is 4.04. The van der Waals surface area contributed by atoms with Gasteiger partial charge in [-0.05, 0) is 30.7 Å². The molecule has 0 spiro atoms. The Kier molecular flexibility index (Phi) is 6.51. The molecule has 0 atom stereocenters. The average molecular weight is 392 g/mol. The van der Waals surface area contributed by atoms with Crippen LogP contribution in [0.3, 0.4) is 0 Å². The molecule has 1 aromatic heterocycles. The van der Waals surface area contributed by atoms with Gasteiger partial charge in [-0.15, -0.1) is 11.3 Å². The molecule has 2 aromatic rings. The smallest absolute Gasteiger partial charge is 0.281 e. The van der Waals surface area contributed by atoms with Gasteiger partial charge in [-0.1, -0.05) is 18.7 Å². The molecule has 2 amide bonds. The number of hydrogen-bond acceptors (Lipinski definition) is 6. The van der Waals surface area contributed by atoms with Crippen molar-refractivity contribution in [1.82, 2.24) is 9.88 Å². The van der Waals surface area contributed by atoms with Gasteiger partial charge in [-0.3, -0.25) is 9.59 Å². The summed E-state index contributed by atoms with van der Waals surface area (Å²) in [4.78, 5) is 29.8. The van der Waals surface area contributed by atoms with Gasteiger partial charge in [-0.25, -0.2) is 4.98 Å². The van der Waals surface area contributed by atoms with Gasteiger partial charge in [0.1, 0.15) is 5.75 Å². The zero-order valence-corrected chi connectivity index (χ0v) is 16.2. The number of aromatic nitrogens is 1. The molecule has 0 unspecified atom stereocenters. The van der Waals surface area contributed by atoms with E-state index in [4.69, 9.17) is 4.74 Å². The van der Waals surface area contributed by atoms with Crippen molar-refractivity contribution in [3.05, 3.63) is 29.6 Å². The molecule has 2 heterocycles. The number of hydrogen-bond donors (Lipinski definition) is 1. The van der Waals surface area contributed by atoms with Crippen LogP contribution in [0.5, 0.6) is 5.75 Å². The lowest BCUT2D eigenvalue weighted by Crippen LogP contribution is -2.27. The molecule has 1 aromatic carbocycles. The molecule has 0 saturated carbocycles. The Balaban J connectivity index is 1.52. The van der Waals surface area contributed by atoms with Crippen LogP contribution >= 0.6 is 23.1 Å². The van der Waals surface area contributed by atoms with Crippen molar-refractivity contribution in [2.24, 2.45) is 0 Å². The van der Waals surface area contributed by atoms with Crippen LogP contribution in [0.1, 0.15) is 19.8 Å². The maximum absolute atomic E-state index is 12.1. The van der Waals surface area contributed by atoms with E-state index in [2.05, 4.69) is 17.2 Å². The normalized spacial score (nSPS) is 13.9. The predicted molar refractivity (Wildman–Crippen MR) is 106 cm³/mol. The van der Waals surface area contributed by atoms with Gasteiger partial charge < -0.3 is 15.0 Å². The summed E-state index contributed by atoms with van der Waals surface area (Å²) in [6.07, 6.45) is 1.26. The maximum atomic E-state index is 12.1. The molecule has 1 saturated heterocycles. The third kappa shape index (κ3) is 4.98. The Morgan fingerprint density at radius 2 is 2.15 bits per heavy atom. The molecule has 0 bridgehead atoms. The molecule has 0 aliphatic carbocycles. The first-order valence-electron chi connectivity index (χ1n) is 8.56. The molecule has 1 fully saturated rings. The van der Waals surface area contributed by atoms with Gasteiger partial charge >= 0.3 is 0 Å². The van der Waals surface area contributed by atoms with Crippen LogP contribution in [0, 0.1) is 0 Å². The van der Waals surface area contributed by atoms with E-state index in [1.54, 1.807) is 4.90 Å². The SMILES string of the molecule is CCCOc1ccc(-c2csc(NC(=O)CCN3CCSC3=O)n2)cc1. The van der Waals surface area contributed by atoms with E-state index in [-0.39, 0.29) is 17.6 Å². The minimum atomic E-state index is -0.126. The highest BCUT2D eigenvalue weighted by Gasteiger charge is 2.21. The standard InChI is InChI=1S/C18H21N3O3S2/c1-2-10-24-14-5-3-13(4-6-14)15-12-26-17(19-15)20-16(22)7-8-21-9-11-25-18(21)23/h3-6,12H,2,7-11H2,1H3,(H,19,20,22). The lowest BCUT2D eigenvalue weighted by molar-refractivity contribution is -0.116. The summed E-state index contributed by atoms with van der Waals surface area (Å²) in [7, 11) is 0. The summed E-state index contributed by atoms with van der Waals surface area (Å²) < 4.78 is 5.58. The van der Waals surface area contributed by atoms with Crippen molar-refractivity contribution in [2.75, 3.05) is 30.8 Å². The predicted octanol–water partition coefficient (Wildman–Crippen LogP) is 4.10. The summed E-state index contributed by atoms with van der Waals surface area (Å²) in [5.41, 5.74) is 1.80. The maximum Gasteiger partial charge on any atom is 0.281 e. The van der Waals surface area contributed by atoms with Crippen LogP contribution in [-0.4, -0.2) is 46.5 Å². The Bertz CT molecular complexity index is 761. The Morgan fingerprint density at radius 1 is 1.35 bits per heavy atom. The summed E-state index contributed by atoms with van der Waals surface area (Å²) in [5.74, 6) is 1.52. The van der Waals surface area contributed by atoms with Crippen LogP contribution < -0.4 is 10.1 Å². The fourth-order valence-electron chi connectivity index (χ4n) is 2.45. The van der Waals surface area contributed by atoms with E-state index in [0.717, 1.165) is 35.7 Å². The van der Waals surface area contributed by atoms with Crippen molar-refractivity contribution >= 4 is 39.4 Å². The van der Waals surface area contributed by atoms with E-state index < -0.39 is 0 Å². The average Bonchev–Trinajstić information content (AvgIpc) is 3.27. The molecule has 1 aliphatic rings. The molecule has 8 heteroatoms. The zero-order valence-electron chi connectivity index (χ0n) is 14.6. The number of thioether (sulfide) groups is 1. The Morgan fingerprint density at radius 3 is 2.85 bits per heavy atom. The van der Waals surface area contributed by atoms with Crippen LogP contribution in [0.25, 0.3) is 11.3 Å². The number of rotatable bonds is 8. The first kappa shape index (κ1) is 18.7. The van der Waals surface area contributed by atoms with Crippen molar-refractivity contribution in [3.63, 3.8) is 0 Å². The molecule has 0 radical (unpaired) electrons. The summed E-state index contributed by atoms with van der Waals surface area (Å²) in [5, 5.41) is 5.35. The largest absolute Gasteiger partial charge is 0.494 e. The van der Waals surface area contributed by atoms with Crippen LogP contribution in [0.15, 0.2) is 29.6 Å². The number of ether oxygens (including phenoxy) is 1. The lowest BCUT2D eigenvalue weighted by Gasteiger charge is -2.13. The van der Waals surface area contributed by atoms with E-state index in [1.807, 2.05) is 29.6 Å². The highest BCUT2D eigenvalue weighted by Crippen LogP contribution is 2.26. The Hall–Kier alpha value is -2.06. The minimum absolute atomic E-state index is 0.0562. The van der Waals surface area contributed by atoms with E-state index in [1.165, 1.54) is 23.1 Å². The minimum Gasteiger partial charge on any atom is -0.494 e. The number of thiazole rings is 1. The van der Waals surface area contributed by atoms with Gasteiger partial charge in [0.2, 0.25) is 5.91 Å². The van der Waals surface area contributed by atoms with Crippen molar-refractivity contribution in [2.45, 2.75) is 19.8 Å². The van der Waals surface area contributed by atoms with E-state index in [0.29, 0.717) is 18.3 Å². The lowest BCUT2D eigenvalue weighted by atomic mass is 10.2. The van der Waals surface area contributed by atoms with Gasteiger partial charge in [0, 0.05) is 36.2 Å². The number of carbonyl (C=O) groups is 2. The molecular formula is C18H21N3O3S2. The van der Waals surface area contributed by atoms with E-state index in [9.17, 15) is 9.59 Å². The number of benzene rings is 1. The molecule has 1 aliphatic heterocycles. The van der Waals surface area contributed by atoms with Gasteiger partial charge in [0.05, 0.1) is 12.3 Å². The summed E-state index contributed by atoms with van der Waals surface area (Å²) in [6, 6.07) is 7.77. The summed E-state index contributed by atoms with van der Waals surface area (Å²) in [6.45, 7) is 3.95. The molecule has 1 N–H and O–H groups in total. The monoisotopic (exact) mass is 391 g/mol. The zero-order chi connectivity index (χ0) is 18.4. The van der Waals surface area contributed by atoms with E-state index >= 15 is 0 Å². The fraction of sp³-hybridized carbons (Fsp3) is 0.389. The number of carbonyl (C=O) groups excluding carboxylic acids is 2. The van der Waals surface area contributed by atoms with Gasteiger partial charge in [-0.2, -0.15) is 0 Å². The second-order valence-corrected chi connectivity index (χ2v) is 7.71. The third-order valence-corrected chi connectivity index (χ3v) is 5.48. The summed E-state index contributed by atoms with van der Waals surface area (Å²) >= 11 is 2.69. The van der Waals surface area contributed by atoms with Crippen molar-refractivity contribution in [1.29, 1.82) is 0 Å². The van der Waals surface area contributed by atoms with Crippen LogP contribution in [0.2, 0.25) is 0 Å². The van der Waals surface area contributed by atoms with Gasteiger partial charge in [0.25, 0.3) is 5.24 Å². The molecule has 138 valence electrons. The number of amides is 2. The van der Waals surface area contributed by atoms with Crippen molar-refractivity contribution < 1.29 is 14.3 Å². The third-order valence-electron chi connectivity index (χ3n) is 3.83. The second kappa shape index (κ2) is 9.05. The highest BCUT2D eigenvalue weighted by atomic mass is 32.2. The first-order valence-corrected chi connectivity index (χ1v) is 10.4. The number of nitrogens with zero attached hydrogens (tertiary/aromatic N) is 2. The van der Waals surface area contributed by atoms with Crippen LogP contribution in [-0.2, 0) is 4.79 Å². The quantitative estimate of drug-likeness (QED) is 0.734. The topological polar surface area (TPSA) is 71.5 Å². The molecular weight excluding hydrogens is 370 g/mol. The van der Waals surface area contributed by atoms with Gasteiger partial charge in [0.15, 0.2) is 5.13 Å². The number of anilines is 1. The molecule has 6 nitrogen and oxygen atoms in total. The molecule has 26 heavy (non-hydrogen) atoms. The second-order valence-electron chi connectivity index (χ2n) is 5.81. The highest BCUT2D eigenvalue weighted by molar-refractivity contribution is 8.13. The Labute approximate surface area is 160 Å². The number of nitrogens with one attached hydrogen (secondary N) is 1.